The van der Waals surface area contributed by atoms with Gasteiger partial charge in [-0.3, -0.25) is 9.13 Å². The van der Waals surface area contributed by atoms with E-state index in [1.807, 2.05) is 30.3 Å². The Hall–Kier alpha value is -1.74. The van der Waals surface area contributed by atoms with Gasteiger partial charge in [0.05, 0.1) is 11.0 Å². The van der Waals surface area contributed by atoms with Gasteiger partial charge < -0.3 is 9.79 Å². The molecule has 7 heteroatoms. The van der Waals surface area contributed by atoms with E-state index in [1.54, 1.807) is 30.3 Å². The molecule has 1 aliphatic carbocycles. The first kappa shape index (κ1) is 18.6. The van der Waals surface area contributed by atoms with Crippen LogP contribution < -0.4 is 5.30 Å². The number of benzene rings is 3. The molecular formula is C20H20O5P2. The molecule has 3 unspecified atom stereocenters. The number of hydrogen-bond donors (Lipinski definition) is 2. The number of rotatable bonds is 4. The van der Waals surface area contributed by atoms with Crippen molar-refractivity contribution < 1.29 is 23.2 Å². The molecule has 0 heterocycles. The molecule has 27 heavy (non-hydrogen) atoms. The van der Waals surface area contributed by atoms with Crippen LogP contribution in [-0.4, -0.2) is 9.79 Å². The molecule has 0 saturated carbocycles. The van der Waals surface area contributed by atoms with Crippen LogP contribution in [0.1, 0.15) is 29.6 Å². The zero-order valence-electron chi connectivity index (χ0n) is 14.6. The van der Waals surface area contributed by atoms with Gasteiger partial charge in [-0.05, 0) is 47.2 Å². The Labute approximate surface area is 157 Å². The second-order valence-corrected chi connectivity index (χ2v) is 10.7. The average Bonchev–Trinajstić information content (AvgIpc) is 2.66. The summed E-state index contributed by atoms with van der Waals surface area (Å²) >= 11 is 0. The molecule has 5 nitrogen and oxygen atoms in total. The topological polar surface area (TPSA) is 83.8 Å². The standard InChI is InChI=1S/C20H20O5P2/c21-26(22,19-13-5-9-15-7-1-3-11-17(15)19)25-27(23,24)20-14-6-10-16-8-2-4-12-18(16)20/h1-5,7-9,11-13,20H,6,10,14H2,(H,21,22)(H,23,24). The van der Waals surface area contributed by atoms with Gasteiger partial charge in [0, 0.05) is 0 Å². The van der Waals surface area contributed by atoms with Crippen molar-refractivity contribution >= 4 is 31.3 Å². The lowest BCUT2D eigenvalue weighted by Crippen LogP contribution is -2.13. The lowest BCUT2D eigenvalue weighted by atomic mass is 9.91. The highest BCUT2D eigenvalue weighted by Crippen LogP contribution is 2.68. The highest BCUT2D eigenvalue weighted by atomic mass is 31.3. The van der Waals surface area contributed by atoms with E-state index in [2.05, 4.69) is 0 Å². The molecule has 2 N–H and O–H groups in total. The maximum absolute atomic E-state index is 13.1. The van der Waals surface area contributed by atoms with Crippen molar-refractivity contribution in [2.45, 2.75) is 24.9 Å². The van der Waals surface area contributed by atoms with Crippen molar-refractivity contribution in [3.8, 4) is 0 Å². The van der Waals surface area contributed by atoms with E-state index in [4.69, 9.17) is 4.31 Å². The average molecular weight is 402 g/mol. The fraction of sp³-hybridized carbons (Fsp3) is 0.200. The predicted octanol–water partition coefficient (Wildman–Crippen LogP) is 4.93. The van der Waals surface area contributed by atoms with Crippen molar-refractivity contribution in [1.29, 1.82) is 0 Å². The molecule has 140 valence electrons. The summed E-state index contributed by atoms with van der Waals surface area (Å²) in [5.74, 6) is 0. The second kappa shape index (κ2) is 7.01. The molecule has 0 bridgehead atoms. The molecule has 0 spiro atoms. The fourth-order valence-corrected chi connectivity index (χ4v) is 7.75. The van der Waals surface area contributed by atoms with Crippen LogP contribution in [0.2, 0.25) is 0 Å². The van der Waals surface area contributed by atoms with Crippen LogP contribution in [0.15, 0.2) is 66.7 Å². The van der Waals surface area contributed by atoms with Crippen LogP contribution in [0.25, 0.3) is 10.8 Å². The van der Waals surface area contributed by atoms with Gasteiger partial charge in [0.15, 0.2) is 0 Å². The maximum atomic E-state index is 13.1. The van der Waals surface area contributed by atoms with Gasteiger partial charge in [-0.15, -0.1) is 0 Å². The summed E-state index contributed by atoms with van der Waals surface area (Å²) < 4.78 is 31.2. The van der Waals surface area contributed by atoms with Crippen LogP contribution in [-0.2, 0) is 19.9 Å². The molecule has 0 saturated heterocycles. The van der Waals surface area contributed by atoms with Crippen molar-refractivity contribution in [1.82, 2.24) is 0 Å². The molecule has 4 rings (SSSR count). The van der Waals surface area contributed by atoms with Crippen molar-refractivity contribution in [3.05, 3.63) is 77.9 Å². The van der Waals surface area contributed by atoms with E-state index < -0.39 is 20.9 Å². The molecule has 0 amide bonds. The van der Waals surface area contributed by atoms with Crippen molar-refractivity contribution in [2.24, 2.45) is 0 Å². The summed E-state index contributed by atoms with van der Waals surface area (Å²) in [7, 11) is -8.88. The molecule has 3 aromatic carbocycles. The van der Waals surface area contributed by atoms with Gasteiger partial charge in [-0.25, -0.2) is 4.31 Å². The maximum Gasteiger partial charge on any atom is 0.366 e. The van der Waals surface area contributed by atoms with Gasteiger partial charge in [0.2, 0.25) is 0 Å². The Morgan fingerprint density at radius 2 is 1.59 bits per heavy atom. The summed E-state index contributed by atoms with van der Waals surface area (Å²) in [6.07, 6.45) is 2.01. The van der Waals surface area contributed by atoms with Crippen LogP contribution >= 0.6 is 15.2 Å². The third kappa shape index (κ3) is 3.54. The SMILES string of the molecule is O=P(O)(OP(=O)(O)C1CCCc2ccccc21)c1cccc2ccccc12. The third-order valence-electron chi connectivity index (χ3n) is 5.03. The van der Waals surface area contributed by atoms with E-state index >= 15 is 0 Å². The highest BCUT2D eigenvalue weighted by Gasteiger charge is 2.43. The fourth-order valence-electron chi connectivity index (χ4n) is 3.78. The van der Waals surface area contributed by atoms with Crippen LogP contribution in [0.4, 0.5) is 0 Å². The first-order chi connectivity index (χ1) is 12.9. The van der Waals surface area contributed by atoms with Gasteiger partial charge in [-0.1, -0.05) is 60.7 Å². The van der Waals surface area contributed by atoms with Gasteiger partial charge in [0.25, 0.3) is 0 Å². The molecule has 0 aromatic heterocycles. The largest absolute Gasteiger partial charge is 0.366 e. The van der Waals surface area contributed by atoms with E-state index in [0.717, 1.165) is 29.4 Å². The van der Waals surface area contributed by atoms with Crippen molar-refractivity contribution in [3.63, 3.8) is 0 Å². The zero-order chi connectivity index (χ0) is 19.1. The molecule has 0 fully saturated rings. The summed E-state index contributed by atoms with van der Waals surface area (Å²) in [6, 6.07) is 19.4. The quantitative estimate of drug-likeness (QED) is 0.605. The molecule has 3 aromatic rings. The van der Waals surface area contributed by atoms with Crippen LogP contribution in [0.5, 0.6) is 0 Å². The summed E-state index contributed by atoms with van der Waals surface area (Å²) in [5.41, 5.74) is 0.926. The molecule has 1 aliphatic rings. The zero-order valence-corrected chi connectivity index (χ0v) is 16.4. The van der Waals surface area contributed by atoms with Crippen LogP contribution in [0.3, 0.4) is 0 Å². The summed E-state index contributed by atoms with van der Waals surface area (Å²) in [6.45, 7) is 0. The second-order valence-electron chi connectivity index (χ2n) is 6.77. The van der Waals surface area contributed by atoms with Gasteiger partial charge >= 0.3 is 15.2 Å². The van der Waals surface area contributed by atoms with E-state index in [9.17, 15) is 18.9 Å². The number of aryl methyl sites for hydroxylation is 1. The number of hydrogen-bond acceptors (Lipinski definition) is 3. The normalized spacial score (nSPS) is 21.2. The Kier molecular flexibility index (Phi) is 4.84. The van der Waals surface area contributed by atoms with Gasteiger partial charge in [0.1, 0.15) is 0 Å². The van der Waals surface area contributed by atoms with Gasteiger partial charge in [-0.2, -0.15) is 0 Å². The minimum Gasteiger partial charge on any atom is -0.324 e. The first-order valence-corrected chi connectivity index (χ1v) is 12.0. The monoisotopic (exact) mass is 402 g/mol. The molecule has 3 atom stereocenters. The minimum atomic E-state index is -4.50. The lowest BCUT2D eigenvalue weighted by molar-refractivity contribution is 0.327. The van der Waals surface area contributed by atoms with Crippen LogP contribution in [0, 0.1) is 0 Å². The van der Waals surface area contributed by atoms with E-state index in [0.29, 0.717) is 11.8 Å². The third-order valence-corrected chi connectivity index (χ3v) is 9.17. The first-order valence-electron chi connectivity index (χ1n) is 8.81. The molecule has 0 radical (unpaired) electrons. The summed E-state index contributed by atoms with van der Waals surface area (Å²) in [4.78, 5) is 21.3. The molecular weight excluding hydrogens is 382 g/mol. The number of fused-ring (bicyclic) bond motifs is 2. The van der Waals surface area contributed by atoms with E-state index in [-0.39, 0.29) is 5.30 Å². The minimum absolute atomic E-state index is 0.0407. The highest BCUT2D eigenvalue weighted by molar-refractivity contribution is 7.71. The Bertz CT molecular complexity index is 1090. The Morgan fingerprint density at radius 3 is 2.44 bits per heavy atom. The Balaban J connectivity index is 1.72. The molecule has 0 aliphatic heterocycles. The Morgan fingerprint density at radius 1 is 0.889 bits per heavy atom. The predicted molar refractivity (Wildman–Crippen MR) is 106 cm³/mol. The van der Waals surface area contributed by atoms with E-state index in [1.165, 1.54) is 6.07 Å². The summed E-state index contributed by atoms with van der Waals surface area (Å²) in [5, 5.41) is 1.34. The lowest BCUT2D eigenvalue weighted by Gasteiger charge is -2.29. The smallest absolute Gasteiger partial charge is 0.324 e. The van der Waals surface area contributed by atoms with Crippen molar-refractivity contribution in [2.75, 3.05) is 0 Å².